The van der Waals surface area contributed by atoms with Crippen molar-refractivity contribution < 1.29 is 19.2 Å². The van der Waals surface area contributed by atoms with Crippen LogP contribution in [0.1, 0.15) is 12.8 Å². The highest BCUT2D eigenvalue weighted by atomic mass is 16.1. The third-order valence-corrected chi connectivity index (χ3v) is 4.79. The van der Waals surface area contributed by atoms with Gasteiger partial charge < -0.3 is 21.1 Å². The summed E-state index contributed by atoms with van der Waals surface area (Å²) in [6.07, 6.45) is 3.33. The zero-order valence-corrected chi connectivity index (χ0v) is 16.6. The summed E-state index contributed by atoms with van der Waals surface area (Å²) in [5.41, 5.74) is 10.7. The van der Waals surface area contributed by atoms with Crippen LogP contribution in [0.4, 0.5) is 0 Å². The Labute approximate surface area is 166 Å². The van der Waals surface area contributed by atoms with Crippen molar-refractivity contribution in [3.05, 3.63) is 0 Å². The van der Waals surface area contributed by atoms with Gasteiger partial charge in [0.15, 0.2) is 0 Å². The summed E-state index contributed by atoms with van der Waals surface area (Å²) in [6.45, 7) is 6.35. The maximum atomic E-state index is 11.4. The maximum Gasteiger partial charge on any atom is 0.231 e. The predicted molar refractivity (Wildman–Crippen MR) is 106 cm³/mol. The molecule has 0 aliphatic carbocycles. The molecule has 0 aromatic carbocycles. The topological polar surface area (TPSA) is 133 Å². The van der Waals surface area contributed by atoms with Gasteiger partial charge in [-0.2, -0.15) is 0 Å². The maximum absolute atomic E-state index is 11.4. The number of nitrogens with two attached hydrogens (primary N) is 2. The van der Waals surface area contributed by atoms with Gasteiger partial charge in [-0.05, 0) is 39.0 Å². The van der Waals surface area contributed by atoms with E-state index >= 15 is 0 Å². The highest BCUT2D eigenvalue weighted by molar-refractivity contribution is 5.76. The first kappa shape index (κ1) is 24.2. The molecule has 0 aromatic rings. The zero-order valence-electron chi connectivity index (χ0n) is 16.6. The molecule has 0 aromatic heterocycles. The molecule has 0 radical (unpaired) electrons. The number of rotatable bonds is 8. The lowest BCUT2D eigenvalue weighted by Gasteiger charge is -2.30. The Hall–Kier alpha value is -1.88. The van der Waals surface area contributed by atoms with Gasteiger partial charge in [-0.1, -0.05) is 0 Å². The SMILES string of the molecule is NC(=O)CN1CCCN(CC=O)CCN(CC=O)CCCN(CC(N)=O)CC1. The van der Waals surface area contributed by atoms with Gasteiger partial charge in [0.1, 0.15) is 12.6 Å². The van der Waals surface area contributed by atoms with Crippen LogP contribution in [0.15, 0.2) is 0 Å². The van der Waals surface area contributed by atoms with Gasteiger partial charge in [0.2, 0.25) is 11.8 Å². The van der Waals surface area contributed by atoms with Crippen LogP contribution in [0.3, 0.4) is 0 Å². The van der Waals surface area contributed by atoms with Gasteiger partial charge in [-0.15, -0.1) is 0 Å². The summed E-state index contributed by atoms with van der Waals surface area (Å²) in [6, 6.07) is 0. The summed E-state index contributed by atoms with van der Waals surface area (Å²) in [7, 11) is 0. The van der Waals surface area contributed by atoms with E-state index in [4.69, 9.17) is 11.5 Å². The van der Waals surface area contributed by atoms with Crippen LogP contribution in [0.5, 0.6) is 0 Å². The van der Waals surface area contributed by atoms with Crippen LogP contribution >= 0.6 is 0 Å². The second kappa shape index (κ2) is 14.2. The molecule has 1 aliphatic heterocycles. The van der Waals surface area contributed by atoms with Gasteiger partial charge >= 0.3 is 0 Å². The van der Waals surface area contributed by atoms with E-state index in [0.717, 1.165) is 25.4 Å². The van der Waals surface area contributed by atoms with Crippen molar-refractivity contribution in [3.63, 3.8) is 0 Å². The van der Waals surface area contributed by atoms with Crippen molar-refractivity contribution in [2.45, 2.75) is 12.8 Å². The van der Waals surface area contributed by atoms with E-state index in [2.05, 4.69) is 9.80 Å². The van der Waals surface area contributed by atoms with Crippen LogP contribution in [0, 0.1) is 0 Å². The van der Waals surface area contributed by atoms with Crippen molar-refractivity contribution >= 4 is 24.4 Å². The molecule has 2 amide bonds. The van der Waals surface area contributed by atoms with Gasteiger partial charge in [-0.25, -0.2) is 0 Å². The largest absolute Gasteiger partial charge is 0.369 e. The summed E-state index contributed by atoms with van der Waals surface area (Å²) < 4.78 is 0. The molecule has 0 bridgehead atoms. The Kier molecular flexibility index (Phi) is 12.2. The predicted octanol–water partition coefficient (Wildman–Crippen LogP) is -2.64. The average Bonchev–Trinajstić information content (AvgIpc) is 2.62. The number of hydrogen-bond acceptors (Lipinski definition) is 8. The van der Waals surface area contributed by atoms with E-state index in [1.54, 1.807) is 0 Å². The van der Waals surface area contributed by atoms with E-state index in [1.807, 2.05) is 9.80 Å². The highest BCUT2D eigenvalue weighted by Gasteiger charge is 2.16. The normalized spacial score (nSPS) is 20.3. The second-order valence-electron chi connectivity index (χ2n) is 7.13. The number of carbonyl (C=O) groups is 4. The van der Waals surface area contributed by atoms with Crippen LogP contribution in [-0.2, 0) is 19.2 Å². The molecule has 0 saturated carbocycles. The number of nitrogens with zero attached hydrogens (tertiary/aromatic N) is 4. The van der Waals surface area contributed by atoms with Crippen molar-refractivity contribution in [3.8, 4) is 0 Å². The monoisotopic (exact) mass is 398 g/mol. The molecule has 0 unspecified atom stereocenters. The quantitative estimate of drug-likeness (QED) is 0.424. The summed E-state index contributed by atoms with van der Waals surface area (Å²) in [4.78, 5) is 52.7. The first-order valence-corrected chi connectivity index (χ1v) is 9.78. The Morgan fingerprint density at radius 3 is 1.25 bits per heavy atom. The fourth-order valence-corrected chi connectivity index (χ4v) is 3.38. The number of amides is 2. The lowest BCUT2D eigenvalue weighted by Crippen LogP contribution is -2.45. The molecule has 1 aliphatic rings. The average molecular weight is 399 g/mol. The number of primary amides is 2. The molecule has 4 N–H and O–H groups in total. The molecule has 10 nitrogen and oxygen atoms in total. The minimum Gasteiger partial charge on any atom is -0.369 e. The lowest BCUT2D eigenvalue weighted by atomic mass is 10.2. The van der Waals surface area contributed by atoms with E-state index < -0.39 is 11.8 Å². The van der Waals surface area contributed by atoms with Crippen molar-refractivity contribution in [1.29, 1.82) is 0 Å². The number of carbonyl (C=O) groups excluding carboxylic acids is 4. The van der Waals surface area contributed by atoms with Gasteiger partial charge in [0, 0.05) is 26.2 Å². The first-order valence-electron chi connectivity index (χ1n) is 9.78. The van der Waals surface area contributed by atoms with Gasteiger partial charge in [0.05, 0.1) is 26.2 Å². The molecular formula is C18H34N6O4. The number of aldehydes is 2. The molecule has 1 fully saturated rings. The fourth-order valence-electron chi connectivity index (χ4n) is 3.38. The Morgan fingerprint density at radius 1 is 0.607 bits per heavy atom. The standard InChI is InChI=1S/C18H34N6O4/c19-17(27)15-23-5-1-3-21(11-13-25)7-8-22(12-14-26)4-2-6-24(10-9-23)16-18(20)28/h13-14H,1-12,15-16H2,(H2,19,27)(H2,20,28). The Morgan fingerprint density at radius 2 is 0.929 bits per heavy atom. The summed E-state index contributed by atoms with van der Waals surface area (Å²) in [5.74, 6) is -0.784. The first-order chi connectivity index (χ1) is 13.4. The van der Waals surface area contributed by atoms with Crippen molar-refractivity contribution in [2.24, 2.45) is 11.5 Å². The molecule has 0 atom stereocenters. The second-order valence-corrected chi connectivity index (χ2v) is 7.13. The van der Waals surface area contributed by atoms with E-state index in [1.165, 1.54) is 0 Å². The minimum atomic E-state index is -0.392. The molecule has 0 spiro atoms. The molecule has 1 rings (SSSR count). The van der Waals surface area contributed by atoms with E-state index in [0.29, 0.717) is 65.4 Å². The van der Waals surface area contributed by atoms with Crippen molar-refractivity contribution in [2.75, 3.05) is 78.5 Å². The molecule has 28 heavy (non-hydrogen) atoms. The number of hydrogen-bond donors (Lipinski definition) is 2. The molecular weight excluding hydrogens is 364 g/mol. The van der Waals surface area contributed by atoms with E-state index in [-0.39, 0.29) is 13.1 Å². The minimum absolute atomic E-state index is 0.158. The highest BCUT2D eigenvalue weighted by Crippen LogP contribution is 2.02. The van der Waals surface area contributed by atoms with Crippen LogP contribution < -0.4 is 11.5 Å². The summed E-state index contributed by atoms with van der Waals surface area (Å²) in [5, 5.41) is 0. The van der Waals surface area contributed by atoms with Gasteiger partial charge in [-0.3, -0.25) is 29.2 Å². The van der Waals surface area contributed by atoms with Crippen LogP contribution in [0.25, 0.3) is 0 Å². The third-order valence-electron chi connectivity index (χ3n) is 4.79. The molecule has 1 heterocycles. The van der Waals surface area contributed by atoms with Crippen molar-refractivity contribution in [1.82, 2.24) is 19.6 Å². The third kappa shape index (κ3) is 11.1. The van der Waals surface area contributed by atoms with E-state index in [9.17, 15) is 19.2 Å². The molecule has 1 saturated heterocycles. The Balaban J connectivity index is 2.80. The summed E-state index contributed by atoms with van der Waals surface area (Å²) >= 11 is 0. The van der Waals surface area contributed by atoms with Gasteiger partial charge in [0.25, 0.3) is 0 Å². The molecule has 10 heteroatoms. The van der Waals surface area contributed by atoms with Crippen LogP contribution in [-0.4, -0.2) is 123 Å². The fraction of sp³-hybridized carbons (Fsp3) is 0.778. The lowest BCUT2D eigenvalue weighted by molar-refractivity contribution is -0.120. The smallest absolute Gasteiger partial charge is 0.231 e. The Bertz CT molecular complexity index is 460. The molecule has 160 valence electrons. The zero-order chi connectivity index (χ0) is 20.8. The van der Waals surface area contributed by atoms with Crippen LogP contribution in [0.2, 0.25) is 0 Å².